The van der Waals surface area contributed by atoms with E-state index in [0.717, 1.165) is 5.39 Å². The fourth-order valence-electron chi connectivity index (χ4n) is 3.05. The summed E-state index contributed by atoms with van der Waals surface area (Å²) in [5.41, 5.74) is 1.36. The van der Waals surface area contributed by atoms with E-state index < -0.39 is 0 Å². The van der Waals surface area contributed by atoms with Crippen molar-refractivity contribution in [1.82, 2.24) is 19.7 Å². The smallest absolute Gasteiger partial charge is 0.192 e. The number of carbonyl (C=O) groups excluding carboxylic acids is 1. The zero-order valence-electron chi connectivity index (χ0n) is 16.6. The number of allylic oxidation sites excluding steroid dienone is 1. The van der Waals surface area contributed by atoms with Crippen molar-refractivity contribution in [2.75, 3.05) is 5.75 Å². The van der Waals surface area contributed by atoms with Gasteiger partial charge in [0.2, 0.25) is 0 Å². The van der Waals surface area contributed by atoms with E-state index in [1.165, 1.54) is 11.8 Å². The van der Waals surface area contributed by atoms with Crippen molar-refractivity contribution in [3.8, 4) is 5.75 Å². The van der Waals surface area contributed by atoms with Crippen LogP contribution < -0.4 is 4.74 Å². The fraction of sp³-hybridized carbons (Fsp3) is 0.130. The van der Waals surface area contributed by atoms with E-state index >= 15 is 0 Å². The quantitative estimate of drug-likeness (QED) is 0.198. The largest absolute Gasteiger partial charge is 0.483 e. The zero-order chi connectivity index (χ0) is 21.6. The molecular formula is C23H19ClN4O2S. The Morgan fingerprint density at radius 1 is 1.13 bits per heavy atom. The first-order chi connectivity index (χ1) is 15.2. The van der Waals surface area contributed by atoms with E-state index in [0.29, 0.717) is 39.4 Å². The molecule has 8 heteroatoms. The monoisotopic (exact) mass is 450 g/mol. The summed E-state index contributed by atoms with van der Waals surface area (Å²) in [6.07, 6.45) is 3.46. The van der Waals surface area contributed by atoms with Crippen LogP contribution in [-0.4, -0.2) is 31.3 Å². The predicted molar refractivity (Wildman–Crippen MR) is 123 cm³/mol. The Labute approximate surface area is 188 Å². The maximum absolute atomic E-state index is 12.4. The van der Waals surface area contributed by atoms with Crippen LogP contribution in [0.1, 0.15) is 16.2 Å². The molecule has 2 heterocycles. The first-order valence-corrected chi connectivity index (χ1v) is 10.9. The number of aromatic nitrogens is 4. The Kier molecular flexibility index (Phi) is 6.64. The minimum Gasteiger partial charge on any atom is -0.483 e. The molecule has 0 bridgehead atoms. The van der Waals surface area contributed by atoms with Crippen LogP contribution in [0.15, 0.2) is 78.6 Å². The van der Waals surface area contributed by atoms with Crippen molar-refractivity contribution in [1.29, 1.82) is 0 Å². The van der Waals surface area contributed by atoms with E-state index in [9.17, 15) is 4.79 Å². The molecule has 6 nitrogen and oxygen atoms in total. The molecule has 0 aliphatic rings. The number of hydrogen-bond acceptors (Lipinski definition) is 6. The fourth-order valence-corrected chi connectivity index (χ4v) is 4.13. The first-order valence-electron chi connectivity index (χ1n) is 9.57. The summed E-state index contributed by atoms with van der Waals surface area (Å²) in [4.78, 5) is 16.8. The lowest BCUT2D eigenvalue weighted by Gasteiger charge is -2.11. The standard InChI is InChI=1S/C23H19ClN4O2S/c1-2-13-28-21(14-30-20-11-10-18(24)17-9-6-12-25-22(17)20)26-27-23(28)31-15-19(29)16-7-4-3-5-8-16/h2-12H,1,13-15H2. The highest BCUT2D eigenvalue weighted by molar-refractivity contribution is 7.99. The number of hydrogen-bond donors (Lipinski definition) is 0. The molecule has 0 aliphatic heterocycles. The van der Waals surface area contributed by atoms with Crippen LogP contribution >= 0.6 is 23.4 Å². The number of carbonyl (C=O) groups is 1. The molecule has 0 amide bonds. The van der Waals surface area contributed by atoms with E-state index in [-0.39, 0.29) is 18.1 Å². The van der Waals surface area contributed by atoms with Crippen molar-refractivity contribution in [3.05, 3.63) is 89.9 Å². The number of halogens is 1. The predicted octanol–water partition coefficient (Wildman–Crippen LogP) is 5.22. The number of ether oxygens (including phenoxy) is 1. The Bertz CT molecular complexity index is 1230. The van der Waals surface area contributed by atoms with Gasteiger partial charge in [0.25, 0.3) is 0 Å². The molecule has 0 saturated carbocycles. The maximum Gasteiger partial charge on any atom is 0.192 e. The van der Waals surface area contributed by atoms with Crippen molar-refractivity contribution >= 4 is 40.0 Å². The first kappa shape index (κ1) is 21.1. The summed E-state index contributed by atoms with van der Waals surface area (Å²) in [7, 11) is 0. The van der Waals surface area contributed by atoms with E-state index in [2.05, 4.69) is 21.8 Å². The molecule has 4 aromatic rings. The van der Waals surface area contributed by atoms with Gasteiger partial charge in [-0.15, -0.1) is 16.8 Å². The molecule has 31 heavy (non-hydrogen) atoms. The molecule has 0 unspecified atom stereocenters. The third-order valence-corrected chi connectivity index (χ3v) is 5.87. The van der Waals surface area contributed by atoms with Gasteiger partial charge in [0.15, 0.2) is 16.8 Å². The van der Waals surface area contributed by atoms with E-state index in [1.54, 1.807) is 36.5 Å². The summed E-state index contributed by atoms with van der Waals surface area (Å²) in [6, 6.07) is 16.5. The summed E-state index contributed by atoms with van der Waals surface area (Å²) >= 11 is 7.60. The van der Waals surface area contributed by atoms with Gasteiger partial charge < -0.3 is 4.74 Å². The number of pyridine rings is 1. The minimum atomic E-state index is 0.0373. The van der Waals surface area contributed by atoms with Crippen molar-refractivity contribution in [2.24, 2.45) is 0 Å². The number of nitrogens with zero attached hydrogens (tertiary/aromatic N) is 4. The Morgan fingerprint density at radius 3 is 2.77 bits per heavy atom. The molecule has 0 saturated heterocycles. The average molecular weight is 451 g/mol. The number of ketones is 1. The lowest BCUT2D eigenvalue weighted by Crippen LogP contribution is -2.09. The van der Waals surface area contributed by atoms with Crippen LogP contribution in [0.5, 0.6) is 5.75 Å². The van der Waals surface area contributed by atoms with Gasteiger partial charge in [0, 0.05) is 23.7 Å². The van der Waals surface area contributed by atoms with Gasteiger partial charge in [-0.25, -0.2) is 0 Å². The van der Waals surface area contributed by atoms with Crippen molar-refractivity contribution in [2.45, 2.75) is 18.3 Å². The number of thioether (sulfide) groups is 1. The van der Waals surface area contributed by atoms with Crippen molar-refractivity contribution < 1.29 is 9.53 Å². The number of rotatable bonds is 9. The molecule has 0 radical (unpaired) electrons. The molecule has 0 N–H and O–H groups in total. The maximum atomic E-state index is 12.4. The molecule has 156 valence electrons. The summed E-state index contributed by atoms with van der Waals surface area (Å²) in [6.45, 7) is 4.51. The van der Waals surface area contributed by atoms with Gasteiger partial charge in [0.05, 0.1) is 10.8 Å². The highest BCUT2D eigenvalue weighted by Gasteiger charge is 2.16. The van der Waals surface area contributed by atoms with Crippen LogP contribution in [0.2, 0.25) is 5.02 Å². The summed E-state index contributed by atoms with van der Waals surface area (Å²) in [5, 5.41) is 10.6. The van der Waals surface area contributed by atoms with Crippen LogP contribution in [-0.2, 0) is 13.2 Å². The Balaban J connectivity index is 1.49. The van der Waals surface area contributed by atoms with E-state index in [1.807, 2.05) is 34.9 Å². The third kappa shape index (κ3) is 4.78. The average Bonchev–Trinajstić information content (AvgIpc) is 3.19. The van der Waals surface area contributed by atoms with Crippen molar-refractivity contribution in [3.63, 3.8) is 0 Å². The molecule has 0 spiro atoms. The highest BCUT2D eigenvalue weighted by Crippen LogP contribution is 2.30. The van der Waals surface area contributed by atoms with Gasteiger partial charge in [0.1, 0.15) is 17.9 Å². The molecule has 2 aromatic heterocycles. The van der Waals surface area contributed by atoms with Crippen LogP contribution in [0.25, 0.3) is 10.9 Å². The summed E-state index contributed by atoms with van der Waals surface area (Å²) < 4.78 is 7.89. The number of fused-ring (bicyclic) bond motifs is 1. The second-order valence-corrected chi connectivity index (χ2v) is 7.96. The van der Waals surface area contributed by atoms with Gasteiger partial charge >= 0.3 is 0 Å². The van der Waals surface area contributed by atoms with Crippen LogP contribution in [0, 0.1) is 0 Å². The summed E-state index contributed by atoms with van der Waals surface area (Å²) in [5.74, 6) is 1.55. The lowest BCUT2D eigenvalue weighted by molar-refractivity contribution is 0.102. The molecule has 0 aliphatic carbocycles. The minimum absolute atomic E-state index is 0.0373. The molecule has 0 fully saturated rings. The molecule has 2 aromatic carbocycles. The molecule has 4 rings (SSSR count). The van der Waals surface area contributed by atoms with Gasteiger partial charge in [-0.1, -0.05) is 59.8 Å². The van der Waals surface area contributed by atoms with Gasteiger partial charge in [-0.2, -0.15) is 0 Å². The number of Topliss-reactive ketones (excluding diaryl/α,β-unsaturated/α-hetero) is 1. The second-order valence-electron chi connectivity index (χ2n) is 6.61. The van der Waals surface area contributed by atoms with E-state index in [4.69, 9.17) is 16.3 Å². The second kappa shape index (κ2) is 9.76. The molecular weight excluding hydrogens is 432 g/mol. The zero-order valence-corrected chi connectivity index (χ0v) is 18.1. The normalized spacial score (nSPS) is 10.9. The molecule has 0 atom stereocenters. The number of benzene rings is 2. The SMILES string of the molecule is C=CCn1c(COc2ccc(Cl)c3cccnc23)nnc1SCC(=O)c1ccccc1. The van der Waals surface area contributed by atoms with Crippen LogP contribution in [0.4, 0.5) is 0 Å². The topological polar surface area (TPSA) is 69.9 Å². The Morgan fingerprint density at radius 2 is 1.97 bits per heavy atom. The lowest BCUT2D eigenvalue weighted by atomic mass is 10.2. The van der Waals surface area contributed by atoms with Gasteiger partial charge in [-0.05, 0) is 24.3 Å². The highest BCUT2D eigenvalue weighted by atomic mass is 35.5. The third-order valence-electron chi connectivity index (χ3n) is 4.57. The van der Waals surface area contributed by atoms with Gasteiger partial charge in [-0.3, -0.25) is 14.3 Å². The van der Waals surface area contributed by atoms with Crippen LogP contribution in [0.3, 0.4) is 0 Å². The Hall–Kier alpha value is -3.16.